The van der Waals surface area contributed by atoms with E-state index in [-0.39, 0.29) is 17.0 Å². The average Bonchev–Trinajstić information content (AvgIpc) is 2.80. The number of hydrogen-bond acceptors (Lipinski definition) is 3. The van der Waals surface area contributed by atoms with Crippen molar-refractivity contribution in [2.75, 3.05) is 0 Å². The van der Waals surface area contributed by atoms with Crippen LogP contribution in [0.25, 0.3) is 22.4 Å². The van der Waals surface area contributed by atoms with Crippen molar-refractivity contribution in [3.05, 3.63) is 118 Å². The summed E-state index contributed by atoms with van der Waals surface area (Å²) in [6, 6.07) is 28.3. The summed E-state index contributed by atoms with van der Waals surface area (Å²) >= 11 is 0. The van der Waals surface area contributed by atoms with E-state index in [1.807, 2.05) is 67.6 Å². The monoisotopic (exact) mass is 408 g/mol. The standard InChI is InChI=1S/C26H24N4O/c1-17-7-11-20(12-8-17)22-16-23(29-26(31)24(22)25(27)30-28)21-13-9-19(10-14-21)15-18-5-3-2-4-6-18/h2-14,16H,15,28H2,1H3,(H2,27,30)(H,29,31). The lowest BCUT2D eigenvalue weighted by Gasteiger charge is -2.12. The number of benzene rings is 3. The Morgan fingerprint density at radius 3 is 2.13 bits per heavy atom. The maximum absolute atomic E-state index is 12.9. The van der Waals surface area contributed by atoms with Crippen LogP contribution in [0.4, 0.5) is 0 Å². The first-order valence-electron chi connectivity index (χ1n) is 10.1. The SMILES string of the molecule is Cc1ccc(-c2cc(-c3ccc(Cc4ccccc4)cc3)[nH]c(=O)c2/C(N)=N/N)cc1. The average molecular weight is 409 g/mol. The highest BCUT2D eigenvalue weighted by atomic mass is 16.1. The Bertz CT molecular complexity index is 1270. The van der Waals surface area contributed by atoms with Gasteiger partial charge in [0.25, 0.3) is 5.56 Å². The molecule has 5 N–H and O–H groups in total. The summed E-state index contributed by atoms with van der Waals surface area (Å²) in [4.78, 5) is 15.8. The maximum Gasteiger partial charge on any atom is 0.260 e. The van der Waals surface area contributed by atoms with Crippen LogP contribution in [0.15, 0.2) is 94.8 Å². The number of rotatable bonds is 5. The maximum atomic E-state index is 12.9. The van der Waals surface area contributed by atoms with Gasteiger partial charge in [0.05, 0.1) is 5.56 Å². The summed E-state index contributed by atoms with van der Waals surface area (Å²) in [7, 11) is 0. The molecule has 0 fully saturated rings. The van der Waals surface area contributed by atoms with Gasteiger partial charge in [-0.25, -0.2) is 0 Å². The van der Waals surface area contributed by atoms with Gasteiger partial charge in [-0.05, 0) is 41.7 Å². The second kappa shape index (κ2) is 8.71. The summed E-state index contributed by atoms with van der Waals surface area (Å²) in [5.74, 6) is 5.38. The molecule has 3 aromatic carbocycles. The van der Waals surface area contributed by atoms with Crippen LogP contribution in [0, 0.1) is 6.92 Å². The summed E-state index contributed by atoms with van der Waals surface area (Å²) < 4.78 is 0. The Labute approximate surface area is 181 Å². The Kier molecular flexibility index (Phi) is 5.67. The van der Waals surface area contributed by atoms with Gasteiger partial charge in [-0.3, -0.25) is 4.79 Å². The number of nitrogens with zero attached hydrogens (tertiary/aromatic N) is 1. The van der Waals surface area contributed by atoms with E-state index in [9.17, 15) is 4.79 Å². The van der Waals surface area contributed by atoms with E-state index in [2.05, 4.69) is 34.4 Å². The Morgan fingerprint density at radius 2 is 1.48 bits per heavy atom. The molecule has 4 aromatic rings. The van der Waals surface area contributed by atoms with Gasteiger partial charge in [-0.1, -0.05) is 84.4 Å². The van der Waals surface area contributed by atoms with Gasteiger partial charge in [0.2, 0.25) is 0 Å². The topological polar surface area (TPSA) is 97.3 Å². The van der Waals surface area contributed by atoms with Crippen molar-refractivity contribution in [2.45, 2.75) is 13.3 Å². The zero-order valence-corrected chi connectivity index (χ0v) is 17.3. The fraction of sp³-hybridized carbons (Fsp3) is 0.0769. The molecule has 0 saturated heterocycles. The van der Waals surface area contributed by atoms with Gasteiger partial charge in [-0.15, -0.1) is 0 Å². The van der Waals surface area contributed by atoms with E-state index in [1.165, 1.54) is 11.1 Å². The molecule has 5 heteroatoms. The number of nitrogens with one attached hydrogen (secondary N) is 1. The smallest absolute Gasteiger partial charge is 0.260 e. The summed E-state index contributed by atoms with van der Waals surface area (Å²) in [6.07, 6.45) is 0.856. The molecule has 0 saturated carbocycles. The van der Waals surface area contributed by atoms with Crippen molar-refractivity contribution in [3.8, 4) is 22.4 Å². The number of hydrazone groups is 1. The number of hydrogen-bond donors (Lipinski definition) is 3. The molecule has 0 spiro atoms. The van der Waals surface area contributed by atoms with Gasteiger partial charge < -0.3 is 16.6 Å². The van der Waals surface area contributed by atoms with E-state index in [0.29, 0.717) is 11.3 Å². The highest BCUT2D eigenvalue weighted by molar-refractivity contribution is 6.03. The van der Waals surface area contributed by atoms with Crippen molar-refractivity contribution < 1.29 is 0 Å². The fourth-order valence-corrected chi connectivity index (χ4v) is 3.63. The van der Waals surface area contributed by atoms with Crippen molar-refractivity contribution in [3.63, 3.8) is 0 Å². The lowest BCUT2D eigenvalue weighted by Crippen LogP contribution is -2.27. The second-order valence-corrected chi connectivity index (χ2v) is 7.54. The van der Waals surface area contributed by atoms with Crippen LogP contribution in [-0.4, -0.2) is 10.8 Å². The normalized spacial score (nSPS) is 11.5. The number of amidine groups is 1. The molecule has 1 heterocycles. The first-order chi connectivity index (χ1) is 15.0. The van der Waals surface area contributed by atoms with Gasteiger partial charge in [-0.2, -0.15) is 5.10 Å². The molecule has 0 unspecified atom stereocenters. The third-order valence-electron chi connectivity index (χ3n) is 5.31. The number of nitrogens with two attached hydrogens (primary N) is 2. The number of aromatic amines is 1. The van der Waals surface area contributed by atoms with Crippen molar-refractivity contribution in [1.29, 1.82) is 0 Å². The van der Waals surface area contributed by atoms with E-state index in [1.54, 1.807) is 0 Å². The van der Waals surface area contributed by atoms with E-state index in [4.69, 9.17) is 11.6 Å². The van der Waals surface area contributed by atoms with E-state index in [0.717, 1.165) is 23.1 Å². The molecule has 1 aromatic heterocycles. The second-order valence-electron chi connectivity index (χ2n) is 7.54. The van der Waals surface area contributed by atoms with Crippen LogP contribution in [-0.2, 0) is 6.42 Å². The van der Waals surface area contributed by atoms with Gasteiger partial charge in [0.15, 0.2) is 5.84 Å². The Morgan fingerprint density at radius 1 is 0.871 bits per heavy atom. The van der Waals surface area contributed by atoms with Crippen molar-refractivity contribution >= 4 is 5.84 Å². The highest BCUT2D eigenvalue weighted by Crippen LogP contribution is 2.27. The summed E-state index contributed by atoms with van der Waals surface area (Å²) in [5.41, 5.74) is 12.7. The lowest BCUT2D eigenvalue weighted by molar-refractivity contribution is 1.18. The summed E-state index contributed by atoms with van der Waals surface area (Å²) in [5, 5.41) is 3.55. The third kappa shape index (κ3) is 4.41. The molecular weight excluding hydrogens is 384 g/mol. The first-order valence-corrected chi connectivity index (χ1v) is 10.1. The zero-order chi connectivity index (χ0) is 21.8. The molecule has 0 aliphatic heterocycles. The van der Waals surface area contributed by atoms with Crippen molar-refractivity contribution in [1.82, 2.24) is 4.98 Å². The van der Waals surface area contributed by atoms with E-state index < -0.39 is 0 Å². The summed E-state index contributed by atoms with van der Waals surface area (Å²) in [6.45, 7) is 2.01. The molecule has 5 nitrogen and oxygen atoms in total. The molecule has 31 heavy (non-hydrogen) atoms. The Hall–Kier alpha value is -4.12. The van der Waals surface area contributed by atoms with Crippen LogP contribution in [0.3, 0.4) is 0 Å². The molecule has 0 aliphatic carbocycles. The van der Waals surface area contributed by atoms with E-state index >= 15 is 0 Å². The van der Waals surface area contributed by atoms with Gasteiger partial charge in [0, 0.05) is 11.3 Å². The van der Waals surface area contributed by atoms with Crippen LogP contribution in [0.5, 0.6) is 0 Å². The number of pyridine rings is 1. The quantitative estimate of drug-likeness (QED) is 0.200. The van der Waals surface area contributed by atoms with Crippen LogP contribution in [0.2, 0.25) is 0 Å². The zero-order valence-electron chi connectivity index (χ0n) is 17.3. The minimum absolute atomic E-state index is 0.00147. The van der Waals surface area contributed by atoms with Crippen LogP contribution >= 0.6 is 0 Å². The number of H-pyrrole nitrogens is 1. The van der Waals surface area contributed by atoms with Crippen molar-refractivity contribution in [2.24, 2.45) is 16.7 Å². The molecule has 4 rings (SSSR count). The Balaban J connectivity index is 1.75. The lowest BCUT2D eigenvalue weighted by atomic mass is 9.96. The third-order valence-corrected chi connectivity index (χ3v) is 5.31. The van der Waals surface area contributed by atoms with Gasteiger partial charge >= 0.3 is 0 Å². The largest absolute Gasteiger partial charge is 0.382 e. The van der Waals surface area contributed by atoms with Crippen LogP contribution in [0.1, 0.15) is 22.3 Å². The molecule has 154 valence electrons. The minimum atomic E-state index is -0.326. The fourth-order valence-electron chi connectivity index (χ4n) is 3.63. The minimum Gasteiger partial charge on any atom is -0.382 e. The number of aryl methyl sites for hydroxylation is 1. The molecule has 0 radical (unpaired) electrons. The molecule has 0 aliphatic rings. The first kappa shape index (κ1) is 20.2. The predicted molar refractivity (Wildman–Crippen MR) is 127 cm³/mol. The highest BCUT2D eigenvalue weighted by Gasteiger charge is 2.16. The number of aromatic nitrogens is 1. The van der Waals surface area contributed by atoms with Gasteiger partial charge in [0.1, 0.15) is 0 Å². The molecule has 0 bridgehead atoms. The molecular formula is C26H24N4O. The van der Waals surface area contributed by atoms with Crippen LogP contribution < -0.4 is 17.1 Å². The predicted octanol–water partition coefficient (Wildman–Crippen LogP) is 4.19. The molecule has 0 amide bonds. The molecule has 0 atom stereocenters.